The summed E-state index contributed by atoms with van der Waals surface area (Å²) in [6.45, 7) is 3.41. The highest BCUT2D eigenvalue weighted by molar-refractivity contribution is 5.80. The molecule has 0 aromatic heterocycles. The Balaban J connectivity index is 2.14. The number of fused-ring (bicyclic) bond motifs is 2. The van der Waals surface area contributed by atoms with Crippen molar-refractivity contribution in [2.45, 2.75) is 39.5 Å². The van der Waals surface area contributed by atoms with Gasteiger partial charge in [-0.2, -0.15) is 0 Å². The van der Waals surface area contributed by atoms with Gasteiger partial charge >= 0.3 is 0 Å². The monoisotopic (exact) mass is 220 g/mol. The topological polar surface area (TPSA) is 34.1 Å². The molecule has 0 unspecified atom stereocenters. The van der Waals surface area contributed by atoms with E-state index in [9.17, 15) is 9.59 Å². The van der Waals surface area contributed by atoms with Gasteiger partial charge in [-0.15, -0.1) is 0 Å². The number of Topliss-reactive ketones (excluding diaryl/α,β-unsaturated/α-hetero) is 2. The van der Waals surface area contributed by atoms with Crippen LogP contribution in [0, 0.1) is 23.7 Å². The van der Waals surface area contributed by atoms with Crippen LogP contribution < -0.4 is 0 Å². The van der Waals surface area contributed by atoms with E-state index in [-0.39, 0.29) is 11.8 Å². The van der Waals surface area contributed by atoms with E-state index in [1.54, 1.807) is 13.8 Å². The molecule has 2 nitrogen and oxygen atoms in total. The molecule has 1 fully saturated rings. The van der Waals surface area contributed by atoms with Crippen molar-refractivity contribution in [2.75, 3.05) is 0 Å². The molecule has 4 atom stereocenters. The molecule has 0 amide bonds. The van der Waals surface area contributed by atoms with Crippen molar-refractivity contribution in [1.82, 2.24) is 0 Å². The van der Waals surface area contributed by atoms with E-state index < -0.39 is 0 Å². The number of hydrogen-bond donors (Lipinski definition) is 0. The molecule has 0 heterocycles. The highest BCUT2D eigenvalue weighted by atomic mass is 16.1. The van der Waals surface area contributed by atoms with E-state index in [1.165, 1.54) is 0 Å². The maximum atomic E-state index is 11.6. The molecule has 0 aliphatic heterocycles. The lowest BCUT2D eigenvalue weighted by Gasteiger charge is -2.28. The Kier molecular flexibility index (Phi) is 3.27. The standard InChI is InChI=1S/C14H20O2/c1-9(15)13-4-3-5-14(10(2)16)12-7-6-11(13)8-12/h6-7,11-14H,3-5,8H2,1-2H3/t11-,12+,13+,14-. The van der Waals surface area contributed by atoms with Crippen LogP contribution >= 0.6 is 0 Å². The molecule has 0 aromatic carbocycles. The summed E-state index contributed by atoms with van der Waals surface area (Å²) >= 11 is 0. The molecule has 2 aliphatic carbocycles. The Morgan fingerprint density at radius 1 is 0.938 bits per heavy atom. The second kappa shape index (κ2) is 4.52. The fourth-order valence-corrected chi connectivity index (χ4v) is 3.35. The number of hydrogen-bond acceptors (Lipinski definition) is 2. The molecule has 2 heteroatoms. The van der Waals surface area contributed by atoms with Crippen molar-refractivity contribution in [3.05, 3.63) is 12.2 Å². The quantitative estimate of drug-likeness (QED) is 0.671. The molecular formula is C14H20O2. The van der Waals surface area contributed by atoms with Gasteiger partial charge in [-0.05, 0) is 44.9 Å². The van der Waals surface area contributed by atoms with Gasteiger partial charge in [0.2, 0.25) is 0 Å². The van der Waals surface area contributed by atoms with E-state index >= 15 is 0 Å². The molecule has 16 heavy (non-hydrogen) atoms. The summed E-state index contributed by atoms with van der Waals surface area (Å²) in [5, 5.41) is 0. The second-order valence-electron chi connectivity index (χ2n) is 5.31. The lowest BCUT2D eigenvalue weighted by molar-refractivity contribution is -0.123. The lowest BCUT2D eigenvalue weighted by atomic mass is 9.75. The molecule has 2 bridgehead atoms. The lowest BCUT2D eigenvalue weighted by Crippen LogP contribution is -2.27. The van der Waals surface area contributed by atoms with Gasteiger partial charge in [-0.3, -0.25) is 9.59 Å². The number of rotatable bonds is 2. The minimum absolute atomic E-state index is 0.203. The highest BCUT2D eigenvalue weighted by Gasteiger charge is 2.36. The van der Waals surface area contributed by atoms with Gasteiger partial charge in [0, 0.05) is 11.8 Å². The maximum absolute atomic E-state index is 11.6. The minimum Gasteiger partial charge on any atom is -0.300 e. The molecule has 2 aliphatic rings. The Morgan fingerprint density at radius 3 is 1.75 bits per heavy atom. The molecule has 0 saturated heterocycles. The van der Waals surface area contributed by atoms with Crippen molar-refractivity contribution in [3.63, 3.8) is 0 Å². The molecule has 1 saturated carbocycles. The van der Waals surface area contributed by atoms with Crippen LogP contribution in [0.2, 0.25) is 0 Å². The third-order valence-corrected chi connectivity index (χ3v) is 4.26. The Bertz CT molecular complexity index is 300. The molecular weight excluding hydrogens is 200 g/mol. The molecule has 0 N–H and O–H groups in total. The average molecular weight is 220 g/mol. The summed E-state index contributed by atoms with van der Waals surface area (Å²) in [6.07, 6.45) is 8.30. The predicted molar refractivity (Wildman–Crippen MR) is 62.9 cm³/mol. The highest BCUT2D eigenvalue weighted by Crippen LogP contribution is 2.40. The zero-order valence-corrected chi connectivity index (χ0v) is 10.1. The van der Waals surface area contributed by atoms with Gasteiger partial charge in [-0.1, -0.05) is 18.6 Å². The first-order chi connectivity index (χ1) is 7.59. The first-order valence-electron chi connectivity index (χ1n) is 6.29. The van der Waals surface area contributed by atoms with Gasteiger partial charge in [0.25, 0.3) is 0 Å². The van der Waals surface area contributed by atoms with Gasteiger partial charge in [0.15, 0.2) is 0 Å². The summed E-state index contributed by atoms with van der Waals surface area (Å²) in [5.41, 5.74) is 0. The third kappa shape index (κ3) is 2.11. The summed E-state index contributed by atoms with van der Waals surface area (Å²) < 4.78 is 0. The van der Waals surface area contributed by atoms with Gasteiger partial charge in [0.1, 0.15) is 11.6 Å². The van der Waals surface area contributed by atoms with Crippen LogP contribution in [0.5, 0.6) is 0 Å². The van der Waals surface area contributed by atoms with Crippen molar-refractivity contribution < 1.29 is 9.59 Å². The average Bonchev–Trinajstić information content (AvgIpc) is 2.63. The van der Waals surface area contributed by atoms with Crippen LogP contribution in [0.3, 0.4) is 0 Å². The molecule has 88 valence electrons. The number of ketones is 2. The van der Waals surface area contributed by atoms with Crippen LogP contribution in [0.1, 0.15) is 39.5 Å². The van der Waals surface area contributed by atoms with Crippen LogP contribution in [0.25, 0.3) is 0 Å². The van der Waals surface area contributed by atoms with E-state index in [0.29, 0.717) is 23.4 Å². The van der Waals surface area contributed by atoms with Crippen LogP contribution in [0.4, 0.5) is 0 Å². The van der Waals surface area contributed by atoms with Crippen molar-refractivity contribution in [2.24, 2.45) is 23.7 Å². The van der Waals surface area contributed by atoms with Gasteiger partial charge in [0.05, 0.1) is 0 Å². The first-order valence-corrected chi connectivity index (χ1v) is 6.29. The maximum Gasteiger partial charge on any atom is 0.133 e. The normalized spacial score (nSPS) is 37.9. The Labute approximate surface area is 97.1 Å². The number of allylic oxidation sites excluding steroid dienone is 2. The molecule has 0 aromatic rings. The number of carbonyl (C=O) groups is 2. The second-order valence-corrected chi connectivity index (χ2v) is 5.31. The van der Waals surface area contributed by atoms with Gasteiger partial charge in [-0.25, -0.2) is 0 Å². The first kappa shape index (κ1) is 11.6. The smallest absolute Gasteiger partial charge is 0.133 e. The zero-order valence-electron chi connectivity index (χ0n) is 10.1. The van der Waals surface area contributed by atoms with Crippen LogP contribution in [-0.4, -0.2) is 11.6 Å². The molecule has 2 rings (SSSR count). The summed E-state index contributed by atoms with van der Waals surface area (Å²) in [4.78, 5) is 23.1. The summed E-state index contributed by atoms with van der Waals surface area (Å²) in [6, 6.07) is 0. The zero-order chi connectivity index (χ0) is 11.7. The van der Waals surface area contributed by atoms with E-state index in [2.05, 4.69) is 12.2 Å². The summed E-state index contributed by atoms with van der Waals surface area (Å²) in [5.74, 6) is 1.82. The van der Waals surface area contributed by atoms with Gasteiger partial charge < -0.3 is 0 Å². The fourth-order valence-electron chi connectivity index (χ4n) is 3.35. The predicted octanol–water partition coefficient (Wildman–Crippen LogP) is 2.77. The molecule has 0 spiro atoms. The van der Waals surface area contributed by atoms with E-state index in [4.69, 9.17) is 0 Å². The van der Waals surface area contributed by atoms with E-state index in [1.807, 2.05) is 0 Å². The minimum atomic E-state index is 0.203. The van der Waals surface area contributed by atoms with Crippen molar-refractivity contribution in [3.8, 4) is 0 Å². The van der Waals surface area contributed by atoms with Crippen LogP contribution in [0.15, 0.2) is 12.2 Å². The number of carbonyl (C=O) groups excluding carboxylic acids is 2. The van der Waals surface area contributed by atoms with Crippen molar-refractivity contribution in [1.29, 1.82) is 0 Å². The van der Waals surface area contributed by atoms with E-state index in [0.717, 1.165) is 25.7 Å². The SMILES string of the molecule is CC(=O)[C@H]1CCC[C@@H](C(C)=O)[C@@H]2C=C[C@H]1C2. The largest absolute Gasteiger partial charge is 0.300 e. The van der Waals surface area contributed by atoms with Crippen LogP contribution in [-0.2, 0) is 9.59 Å². The summed E-state index contributed by atoms with van der Waals surface area (Å²) in [7, 11) is 0. The Morgan fingerprint density at radius 2 is 1.38 bits per heavy atom. The molecule has 0 radical (unpaired) electrons. The Hall–Kier alpha value is -0.920. The fraction of sp³-hybridized carbons (Fsp3) is 0.714. The third-order valence-electron chi connectivity index (χ3n) is 4.26. The van der Waals surface area contributed by atoms with Crippen molar-refractivity contribution >= 4 is 11.6 Å².